The first-order valence-corrected chi connectivity index (χ1v) is 11.3. The van der Waals surface area contributed by atoms with Gasteiger partial charge < -0.3 is 5.32 Å². The Balaban J connectivity index is 1.50. The van der Waals surface area contributed by atoms with Crippen LogP contribution in [0.5, 0.6) is 0 Å². The van der Waals surface area contributed by atoms with Crippen LogP contribution in [-0.4, -0.2) is 12.5 Å². The predicted molar refractivity (Wildman–Crippen MR) is 131 cm³/mol. The van der Waals surface area contributed by atoms with E-state index in [0.29, 0.717) is 24.3 Å². The molecule has 2 nitrogen and oxygen atoms in total. The van der Waals surface area contributed by atoms with Gasteiger partial charge in [-0.05, 0) is 52.0 Å². The summed E-state index contributed by atoms with van der Waals surface area (Å²) in [5, 5.41) is 3.02. The zero-order chi connectivity index (χ0) is 22.3. The predicted octanol–water partition coefficient (Wildman–Crippen LogP) is 6.79. The van der Waals surface area contributed by atoms with Crippen molar-refractivity contribution in [3.05, 3.63) is 95.6 Å². The van der Waals surface area contributed by atoms with Crippen LogP contribution in [-0.2, 0) is 17.6 Å². The largest absolute Gasteiger partial charge is 0.355 e. The van der Waals surface area contributed by atoms with E-state index in [9.17, 15) is 4.79 Å². The fourth-order valence-corrected chi connectivity index (χ4v) is 4.09. The number of carbonyl (C=O) groups excluding carboxylic acids is 1. The molecule has 0 bridgehead atoms. The summed E-state index contributed by atoms with van der Waals surface area (Å²) in [7, 11) is 0. The molecule has 0 aliphatic rings. The maximum atomic E-state index is 12.1. The van der Waals surface area contributed by atoms with E-state index in [-0.39, 0.29) is 5.91 Å². The third kappa shape index (κ3) is 7.40. The maximum Gasteiger partial charge on any atom is 0.224 e. The van der Waals surface area contributed by atoms with Gasteiger partial charge in [0.1, 0.15) is 0 Å². The second-order valence-electron chi connectivity index (χ2n) is 9.75. The van der Waals surface area contributed by atoms with E-state index in [4.69, 9.17) is 0 Å². The molecule has 0 heterocycles. The number of benzene rings is 3. The standard InChI is InChI=1S/C29H35NO/c1-22(21-29(2,3)4)25-14-16-27(17-15-25)26-12-10-23(11-13-26)18-19-30-28(31)20-24-8-6-5-7-9-24/h5-17,22H,18-21H2,1-4H3,(H,30,31). The summed E-state index contributed by atoms with van der Waals surface area (Å²) in [5.74, 6) is 0.636. The number of rotatable bonds is 8. The van der Waals surface area contributed by atoms with E-state index in [1.807, 2.05) is 30.3 Å². The lowest BCUT2D eigenvalue weighted by atomic mass is 9.82. The molecule has 1 N–H and O–H groups in total. The summed E-state index contributed by atoms with van der Waals surface area (Å²) >= 11 is 0. The average Bonchev–Trinajstić information content (AvgIpc) is 2.74. The van der Waals surface area contributed by atoms with Gasteiger partial charge in [-0.15, -0.1) is 0 Å². The minimum absolute atomic E-state index is 0.0728. The lowest BCUT2D eigenvalue weighted by Gasteiger charge is -2.23. The number of nitrogens with one attached hydrogen (secondary N) is 1. The van der Waals surface area contributed by atoms with Gasteiger partial charge in [0.25, 0.3) is 0 Å². The molecular weight excluding hydrogens is 378 g/mol. The molecule has 0 spiro atoms. The summed E-state index contributed by atoms with van der Waals surface area (Å²) in [4.78, 5) is 12.1. The molecule has 3 aromatic rings. The molecule has 0 aliphatic heterocycles. The lowest BCUT2D eigenvalue weighted by Crippen LogP contribution is -2.27. The van der Waals surface area contributed by atoms with Crippen molar-refractivity contribution in [3.8, 4) is 11.1 Å². The zero-order valence-electron chi connectivity index (χ0n) is 19.3. The van der Waals surface area contributed by atoms with Crippen molar-refractivity contribution in [2.45, 2.75) is 52.9 Å². The molecule has 0 saturated carbocycles. The van der Waals surface area contributed by atoms with Gasteiger partial charge in [0.15, 0.2) is 0 Å². The summed E-state index contributed by atoms with van der Waals surface area (Å²) in [5.41, 5.74) is 6.50. The van der Waals surface area contributed by atoms with Crippen molar-refractivity contribution in [2.24, 2.45) is 5.41 Å². The summed E-state index contributed by atoms with van der Waals surface area (Å²) < 4.78 is 0. The van der Waals surface area contributed by atoms with Crippen LogP contribution in [0.25, 0.3) is 11.1 Å². The number of carbonyl (C=O) groups is 1. The third-order valence-corrected chi connectivity index (χ3v) is 5.63. The van der Waals surface area contributed by atoms with Crippen LogP contribution in [0.1, 0.15) is 56.7 Å². The second-order valence-corrected chi connectivity index (χ2v) is 9.75. The molecule has 0 aromatic heterocycles. The molecule has 3 rings (SSSR count). The Morgan fingerprint density at radius 3 is 1.97 bits per heavy atom. The molecule has 0 aliphatic carbocycles. The third-order valence-electron chi connectivity index (χ3n) is 5.63. The number of amides is 1. The van der Waals surface area contributed by atoms with E-state index in [1.54, 1.807) is 0 Å². The molecule has 0 saturated heterocycles. The average molecular weight is 414 g/mol. The topological polar surface area (TPSA) is 29.1 Å². The monoisotopic (exact) mass is 413 g/mol. The van der Waals surface area contributed by atoms with Gasteiger partial charge in [0.2, 0.25) is 5.91 Å². The highest BCUT2D eigenvalue weighted by Gasteiger charge is 2.16. The van der Waals surface area contributed by atoms with E-state index < -0.39 is 0 Å². The molecule has 31 heavy (non-hydrogen) atoms. The van der Waals surface area contributed by atoms with Crippen LogP contribution >= 0.6 is 0 Å². The Hall–Kier alpha value is -2.87. The van der Waals surface area contributed by atoms with Crippen molar-refractivity contribution in [3.63, 3.8) is 0 Å². The van der Waals surface area contributed by atoms with E-state index in [0.717, 1.165) is 12.0 Å². The molecule has 0 radical (unpaired) electrons. The minimum Gasteiger partial charge on any atom is -0.355 e. The molecule has 1 unspecified atom stereocenters. The Morgan fingerprint density at radius 2 is 1.39 bits per heavy atom. The quantitative estimate of drug-likeness (QED) is 0.432. The first kappa shape index (κ1) is 22.8. The van der Waals surface area contributed by atoms with Crippen molar-refractivity contribution >= 4 is 5.91 Å². The fraction of sp³-hybridized carbons (Fsp3) is 0.345. The van der Waals surface area contributed by atoms with Crippen molar-refractivity contribution in [1.82, 2.24) is 5.32 Å². The van der Waals surface area contributed by atoms with Crippen LogP contribution in [0, 0.1) is 5.41 Å². The highest BCUT2D eigenvalue weighted by molar-refractivity contribution is 5.78. The molecule has 3 aromatic carbocycles. The van der Waals surface area contributed by atoms with E-state index in [1.165, 1.54) is 28.7 Å². The highest BCUT2D eigenvalue weighted by atomic mass is 16.1. The van der Waals surface area contributed by atoms with Crippen LogP contribution in [0.3, 0.4) is 0 Å². The van der Waals surface area contributed by atoms with Crippen LogP contribution in [0.2, 0.25) is 0 Å². The molecule has 162 valence electrons. The van der Waals surface area contributed by atoms with Gasteiger partial charge in [-0.2, -0.15) is 0 Å². The van der Waals surface area contributed by atoms with Crippen LogP contribution in [0.15, 0.2) is 78.9 Å². The molecule has 1 atom stereocenters. The van der Waals surface area contributed by atoms with Crippen molar-refractivity contribution < 1.29 is 4.79 Å². The Morgan fingerprint density at radius 1 is 0.806 bits per heavy atom. The normalized spacial score (nSPS) is 12.4. The molecule has 1 amide bonds. The minimum atomic E-state index is 0.0728. The SMILES string of the molecule is CC(CC(C)(C)C)c1ccc(-c2ccc(CCNC(=O)Cc3ccccc3)cc2)cc1. The van der Waals surface area contributed by atoms with E-state index >= 15 is 0 Å². The molecule has 2 heteroatoms. The van der Waals surface area contributed by atoms with Crippen LogP contribution in [0.4, 0.5) is 0 Å². The molecular formula is C29H35NO. The van der Waals surface area contributed by atoms with E-state index in [2.05, 4.69) is 81.5 Å². The summed E-state index contributed by atoms with van der Waals surface area (Å²) in [6.07, 6.45) is 2.46. The van der Waals surface area contributed by atoms with Gasteiger partial charge in [-0.1, -0.05) is 107 Å². The first-order valence-electron chi connectivity index (χ1n) is 11.3. The van der Waals surface area contributed by atoms with Crippen molar-refractivity contribution in [1.29, 1.82) is 0 Å². The fourth-order valence-electron chi connectivity index (χ4n) is 4.09. The van der Waals surface area contributed by atoms with Gasteiger partial charge in [-0.25, -0.2) is 0 Å². The van der Waals surface area contributed by atoms with Gasteiger partial charge in [0.05, 0.1) is 6.42 Å². The zero-order valence-corrected chi connectivity index (χ0v) is 19.3. The van der Waals surface area contributed by atoms with Crippen LogP contribution < -0.4 is 5.32 Å². The first-order chi connectivity index (χ1) is 14.8. The van der Waals surface area contributed by atoms with Gasteiger partial charge in [0, 0.05) is 6.54 Å². The Kier molecular flexibility index (Phi) is 7.68. The Bertz CT molecular complexity index is 950. The number of hydrogen-bond donors (Lipinski definition) is 1. The van der Waals surface area contributed by atoms with Crippen molar-refractivity contribution in [2.75, 3.05) is 6.54 Å². The second kappa shape index (κ2) is 10.4. The Labute approximate surface area is 187 Å². The molecule has 0 fully saturated rings. The highest BCUT2D eigenvalue weighted by Crippen LogP contribution is 2.31. The van der Waals surface area contributed by atoms with Gasteiger partial charge in [-0.3, -0.25) is 4.79 Å². The smallest absolute Gasteiger partial charge is 0.224 e. The van der Waals surface area contributed by atoms with Gasteiger partial charge >= 0.3 is 0 Å². The summed E-state index contributed by atoms with van der Waals surface area (Å²) in [6.45, 7) is 9.87. The maximum absolute atomic E-state index is 12.1. The summed E-state index contributed by atoms with van der Waals surface area (Å²) in [6, 6.07) is 27.5. The lowest BCUT2D eigenvalue weighted by molar-refractivity contribution is -0.120. The number of hydrogen-bond acceptors (Lipinski definition) is 1.